The molecule has 0 bridgehead atoms. The Bertz CT molecular complexity index is 625. The van der Waals surface area contributed by atoms with Gasteiger partial charge in [0.25, 0.3) is 0 Å². The van der Waals surface area contributed by atoms with Gasteiger partial charge < -0.3 is 5.11 Å². The molecule has 0 amide bonds. The molecule has 3 heteroatoms. The number of aromatic hydroxyl groups is 1. The SMILES string of the molecule is Cc1cc(C=Cc2ccccn2)cc(C#N)c1O. The van der Waals surface area contributed by atoms with Crippen LogP contribution in [0.1, 0.15) is 22.4 Å². The molecule has 0 aliphatic carbocycles. The molecule has 88 valence electrons. The van der Waals surface area contributed by atoms with Crippen LogP contribution in [0.25, 0.3) is 12.2 Å². The minimum atomic E-state index is 0.0486. The molecule has 0 saturated heterocycles. The lowest BCUT2D eigenvalue weighted by Gasteiger charge is -2.02. The van der Waals surface area contributed by atoms with Crippen LogP contribution in [0.2, 0.25) is 0 Å². The van der Waals surface area contributed by atoms with E-state index in [2.05, 4.69) is 4.98 Å². The van der Waals surface area contributed by atoms with Crippen molar-refractivity contribution in [3.8, 4) is 11.8 Å². The summed E-state index contributed by atoms with van der Waals surface area (Å²) in [4.78, 5) is 4.18. The summed E-state index contributed by atoms with van der Waals surface area (Å²) in [5, 5.41) is 18.6. The average Bonchev–Trinajstić information content (AvgIpc) is 2.41. The molecular weight excluding hydrogens is 224 g/mol. The molecule has 0 atom stereocenters. The molecule has 2 rings (SSSR count). The Labute approximate surface area is 106 Å². The fraction of sp³-hybridized carbons (Fsp3) is 0.0667. The van der Waals surface area contributed by atoms with Crippen molar-refractivity contribution in [2.24, 2.45) is 0 Å². The molecule has 0 radical (unpaired) electrons. The van der Waals surface area contributed by atoms with Gasteiger partial charge in [0.2, 0.25) is 0 Å². The van der Waals surface area contributed by atoms with Crippen molar-refractivity contribution in [2.75, 3.05) is 0 Å². The molecule has 0 unspecified atom stereocenters. The topological polar surface area (TPSA) is 56.9 Å². The summed E-state index contributed by atoms with van der Waals surface area (Å²) in [7, 11) is 0. The van der Waals surface area contributed by atoms with Crippen LogP contribution in [0.4, 0.5) is 0 Å². The first-order valence-electron chi connectivity index (χ1n) is 5.53. The average molecular weight is 236 g/mol. The highest BCUT2D eigenvalue weighted by Gasteiger charge is 2.04. The summed E-state index contributed by atoms with van der Waals surface area (Å²) in [6.45, 7) is 1.77. The smallest absolute Gasteiger partial charge is 0.136 e. The van der Waals surface area contributed by atoms with Gasteiger partial charge in [-0.25, -0.2) is 0 Å². The molecule has 3 nitrogen and oxygen atoms in total. The number of nitrogens with zero attached hydrogens (tertiary/aromatic N) is 2. The van der Waals surface area contributed by atoms with Crippen molar-refractivity contribution < 1.29 is 5.11 Å². The zero-order valence-corrected chi connectivity index (χ0v) is 9.96. The zero-order chi connectivity index (χ0) is 13.0. The van der Waals surface area contributed by atoms with E-state index in [0.717, 1.165) is 11.3 Å². The minimum Gasteiger partial charge on any atom is -0.506 e. The Morgan fingerprint density at radius 1 is 1.28 bits per heavy atom. The van der Waals surface area contributed by atoms with Gasteiger partial charge in [-0.2, -0.15) is 5.26 Å². The lowest BCUT2D eigenvalue weighted by atomic mass is 10.0. The standard InChI is InChI=1S/C15H12N2O/c1-11-8-12(9-13(10-16)15(11)18)5-6-14-4-2-3-7-17-14/h2-9,18H,1H3. The Morgan fingerprint density at radius 2 is 2.11 bits per heavy atom. The number of aromatic nitrogens is 1. The van der Waals surface area contributed by atoms with Crippen molar-refractivity contribution in [1.29, 1.82) is 5.26 Å². The van der Waals surface area contributed by atoms with Crippen LogP contribution in [0.15, 0.2) is 36.5 Å². The third-order valence-corrected chi connectivity index (χ3v) is 2.58. The van der Waals surface area contributed by atoms with E-state index in [1.54, 1.807) is 19.2 Å². The van der Waals surface area contributed by atoms with Crippen LogP contribution in [0, 0.1) is 18.3 Å². The van der Waals surface area contributed by atoms with Gasteiger partial charge in [0.05, 0.1) is 11.3 Å². The molecular formula is C15H12N2O. The number of pyridine rings is 1. The number of nitriles is 1. The van der Waals surface area contributed by atoms with Crippen LogP contribution >= 0.6 is 0 Å². The van der Waals surface area contributed by atoms with Crippen molar-refractivity contribution in [2.45, 2.75) is 6.92 Å². The van der Waals surface area contributed by atoms with E-state index in [1.807, 2.05) is 42.5 Å². The molecule has 1 N–H and O–H groups in total. The van der Waals surface area contributed by atoms with Gasteiger partial charge in [0, 0.05) is 6.20 Å². The number of hydrogen-bond acceptors (Lipinski definition) is 3. The first kappa shape index (κ1) is 11.9. The number of rotatable bonds is 2. The van der Waals surface area contributed by atoms with Gasteiger partial charge in [-0.15, -0.1) is 0 Å². The largest absolute Gasteiger partial charge is 0.506 e. The van der Waals surface area contributed by atoms with Gasteiger partial charge in [0.15, 0.2) is 0 Å². The minimum absolute atomic E-state index is 0.0486. The number of benzene rings is 1. The van der Waals surface area contributed by atoms with Crippen LogP contribution < -0.4 is 0 Å². The van der Waals surface area contributed by atoms with E-state index in [0.29, 0.717) is 5.56 Å². The van der Waals surface area contributed by atoms with Crippen molar-refractivity contribution in [1.82, 2.24) is 4.98 Å². The lowest BCUT2D eigenvalue weighted by molar-refractivity contribution is 0.469. The van der Waals surface area contributed by atoms with E-state index in [1.165, 1.54) is 0 Å². The lowest BCUT2D eigenvalue weighted by Crippen LogP contribution is -1.84. The summed E-state index contributed by atoms with van der Waals surface area (Å²) in [5.74, 6) is 0.0486. The van der Waals surface area contributed by atoms with Gasteiger partial charge in [-0.3, -0.25) is 4.98 Å². The number of phenols is 1. The maximum atomic E-state index is 9.65. The highest BCUT2D eigenvalue weighted by molar-refractivity contribution is 5.70. The molecule has 1 heterocycles. The van der Waals surface area contributed by atoms with E-state index >= 15 is 0 Å². The van der Waals surface area contributed by atoms with E-state index in [4.69, 9.17) is 5.26 Å². The van der Waals surface area contributed by atoms with Gasteiger partial charge >= 0.3 is 0 Å². The van der Waals surface area contributed by atoms with E-state index < -0.39 is 0 Å². The molecule has 0 fully saturated rings. The van der Waals surface area contributed by atoms with Gasteiger partial charge in [-0.05, 0) is 48.4 Å². The van der Waals surface area contributed by atoms with E-state index in [-0.39, 0.29) is 11.3 Å². The predicted molar refractivity (Wildman–Crippen MR) is 70.7 cm³/mol. The van der Waals surface area contributed by atoms with Crippen LogP contribution in [-0.2, 0) is 0 Å². The third kappa shape index (κ3) is 2.55. The molecule has 0 aliphatic rings. The second-order valence-electron chi connectivity index (χ2n) is 3.93. The maximum Gasteiger partial charge on any atom is 0.136 e. The van der Waals surface area contributed by atoms with Gasteiger partial charge in [-0.1, -0.05) is 12.1 Å². The van der Waals surface area contributed by atoms with Crippen LogP contribution in [0.3, 0.4) is 0 Å². The van der Waals surface area contributed by atoms with Crippen molar-refractivity contribution in [3.63, 3.8) is 0 Å². The normalized spacial score (nSPS) is 10.4. The second-order valence-corrected chi connectivity index (χ2v) is 3.93. The van der Waals surface area contributed by atoms with E-state index in [9.17, 15) is 5.11 Å². The van der Waals surface area contributed by atoms with Gasteiger partial charge in [0.1, 0.15) is 11.8 Å². The maximum absolute atomic E-state index is 9.65. The Balaban J connectivity index is 2.34. The monoisotopic (exact) mass is 236 g/mol. The first-order valence-corrected chi connectivity index (χ1v) is 5.53. The second kappa shape index (κ2) is 5.15. The highest BCUT2D eigenvalue weighted by Crippen LogP contribution is 2.24. The van der Waals surface area contributed by atoms with Crippen molar-refractivity contribution in [3.05, 3.63) is 58.9 Å². The fourth-order valence-electron chi connectivity index (χ4n) is 1.65. The summed E-state index contributed by atoms with van der Waals surface area (Å²) in [5.41, 5.74) is 2.69. The van der Waals surface area contributed by atoms with Crippen molar-refractivity contribution >= 4 is 12.2 Å². The quantitative estimate of drug-likeness (QED) is 0.871. The molecule has 1 aromatic heterocycles. The molecule has 0 saturated carbocycles. The predicted octanol–water partition coefficient (Wildman–Crippen LogP) is 3.14. The third-order valence-electron chi connectivity index (χ3n) is 2.58. The molecule has 0 aliphatic heterocycles. The Hall–Kier alpha value is -2.60. The summed E-state index contributed by atoms with van der Waals surface area (Å²) >= 11 is 0. The first-order chi connectivity index (χ1) is 8.70. The molecule has 2 aromatic rings. The Kier molecular flexibility index (Phi) is 3.40. The highest BCUT2D eigenvalue weighted by atomic mass is 16.3. The molecule has 0 spiro atoms. The molecule has 1 aromatic carbocycles. The summed E-state index contributed by atoms with van der Waals surface area (Å²) < 4.78 is 0. The number of hydrogen-bond donors (Lipinski definition) is 1. The van der Waals surface area contributed by atoms with Crippen LogP contribution in [0.5, 0.6) is 5.75 Å². The summed E-state index contributed by atoms with van der Waals surface area (Å²) in [6.07, 6.45) is 5.46. The van der Waals surface area contributed by atoms with Crippen LogP contribution in [-0.4, -0.2) is 10.1 Å². The number of aryl methyl sites for hydroxylation is 1. The summed E-state index contributed by atoms with van der Waals surface area (Å²) in [6, 6.07) is 11.1. The zero-order valence-electron chi connectivity index (χ0n) is 9.96. The molecule has 18 heavy (non-hydrogen) atoms. The fourth-order valence-corrected chi connectivity index (χ4v) is 1.65. The number of phenolic OH excluding ortho intramolecular Hbond substituents is 1. The Morgan fingerprint density at radius 3 is 2.78 bits per heavy atom.